The van der Waals surface area contributed by atoms with Crippen LogP contribution in [-0.4, -0.2) is 68.2 Å². The second-order valence-electron chi connectivity index (χ2n) is 9.49. The lowest BCUT2D eigenvalue weighted by Crippen LogP contribution is -2.57. The Labute approximate surface area is 222 Å². The van der Waals surface area contributed by atoms with Crippen LogP contribution >= 0.6 is 0 Å². The van der Waals surface area contributed by atoms with Gasteiger partial charge in [0.25, 0.3) is 5.91 Å². The fourth-order valence-corrected chi connectivity index (χ4v) is 4.40. The van der Waals surface area contributed by atoms with Crippen LogP contribution in [0.1, 0.15) is 94.8 Å². The van der Waals surface area contributed by atoms with E-state index in [0.717, 1.165) is 19.3 Å². The Morgan fingerprint density at radius 3 is 2.35 bits per heavy atom. The molecule has 1 N–H and O–H groups in total. The lowest BCUT2D eigenvalue weighted by atomic mass is 10.1. The number of nitrogens with one attached hydrogen (secondary N) is 1. The Balaban J connectivity index is 1.75. The number of piperazine rings is 1. The van der Waals surface area contributed by atoms with Crippen LogP contribution in [0.4, 0.5) is 0 Å². The molecule has 1 aliphatic heterocycles. The first-order valence-electron chi connectivity index (χ1n) is 14.1. The van der Waals surface area contributed by atoms with Crippen molar-refractivity contribution in [3.63, 3.8) is 0 Å². The summed E-state index contributed by atoms with van der Waals surface area (Å²) in [6, 6.07) is 5.97. The summed E-state index contributed by atoms with van der Waals surface area (Å²) in [6.45, 7) is 6.62. The maximum absolute atomic E-state index is 13.2. The van der Waals surface area contributed by atoms with Crippen molar-refractivity contribution in [3.05, 3.63) is 29.8 Å². The Hall–Kier alpha value is -2.61. The normalized spacial score (nSPS) is 15.4. The first-order chi connectivity index (χ1) is 18.1. The zero-order valence-corrected chi connectivity index (χ0v) is 22.8. The van der Waals surface area contributed by atoms with Crippen LogP contribution < -0.4 is 10.1 Å². The maximum atomic E-state index is 13.2. The minimum absolute atomic E-state index is 0.153. The lowest BCUT2D eigenvalue weighted by molar-refractivity contribution is -0.147. The second kappa shape index (κ2) is 18.6. The largest absolute Gasteiger partial charge is 0.491 e. The monoisotopic (exact) mass is 518 g/mol. The number of hydrogen-bond acceptors (Lipinski definition) is 6. The molecule has 8 heteroatoms. The van der Waals surface area contributed by atoms with Gasteiger partial charge in [-0.3, -0.25) is 14.4 Å². The van der Waals surface area contributed by atoms with Gasteiger partial charge in [-0.2, -0.15) is 0 Å². The molecule has 0 bridgehead atoms. The number of carbonyl (C=O) groups excluding carboxylic acids is 3. The molecule has 0 saturated carbocycles. The number of ether oxygens (including phenoxy) is 3. The van der Waals surface area contributed by atoms with Crippen LogP contribution in [0.3, 0.4) is 0 Å². The molecular formula is C29H46N2O6. The number of amides is 2. The first kappa shape index (κ1) is 30.6. The molecule has 0 aromatic heterocycles. The van der Waals surface area contributed by atoms with Crippen molar-refractivity contribution >= 4 is 17.8 Å². The molecule has 1 atom stereocenters. The molecule has 1 heterocycles. The molecule has 1 aliphatic rings. The fourth-order valence-electron chi connectivity index (χ4n) is 4.40. The van der Waals surface area contributed by atoms with Gasteiger partial charge in [0.15, 0.2) is 0 Å². The summed E-state index contributed by atoms with van der Waals surface area (Å²) in [6.07, 6.45) is 11.9. The lowest BCUT2D eigenvalue weighted by Gasteiger charge is -2.34. The van der Waals surface area contributed by atoms with E-state index in [1.54, 1.807) is 24.3 Å². The molecule has 208 valence electrons. The van der Waals surface area contributed by atoms with Crippen molar-refractivity contribution in [1.82, 2.24) is 10.2 Å². The van der Waals surface area contributed by atoms with Crippen molar-refractivity contribution in [2.24, 2.45) is 0 Å². The van der Waals surface area contributed by atoms with E-state index in [-0.39, 0.29) is 18.2 Å². The van der Waals surface area contributed by atoms with Gasteiger partial charge in [-0.25, -0.2) is 0 Å². The van der Waals surface area contributed by atoms with E-state index in [1.165, 1.54) is 49.8 Å². The molecule has 0 aliphatic carbocycles. The van der Waals surface area contributed by atoms with Crippen molar-refractivity contribution in [1.29, 1.82) is 0 Å². The number of unbranched alkanes of at least 4 members (excludes halogenated alkanes) is 9. The van der Waals surface area contributed by atoms with Crippen molar-refractivity contribution in [3.8, 4) is 5.75 Å². The average molecular weight is 519 g/mol. The molecule has 1 aromatic rings. The van der Waals surface area contributed by atoms with Crippen LogP contribution in [0.15, 0.2) is 24.3 Å². The molecule has 1 aromatic carbocycles. The molecule has 1 unspecified atom stereocenters. The Morgan fingerprint density at radius 2 is 1.65 bits per heavy atom. The number of rotatable bonds is 19. The summed E-state index contributed by atoms with van der Waals surface area (Å²) in [5.41, 5.74) is 0.410. The van der Waals surface area contributed by atoms with Crippen molar-refractivity contribution in [2.75, 3.05) is 39.5 Å². The highest BCUT2D eigenvalue weighted by Crippen LogP contribution is 2.19. The quantitative estimate of drug-likeness (QED) is 0.207. The van der Waals surface area contributed by atoms with Gasteiger partial charge in [-0.15, -0.1) is 0 Å². The Kier molecular flexibility index (Phi) is 15.4. The standard InChI is InChI=1S/C29H46N2O6/c1-3-5-6-7-8-9-10-11-12-13-19-37-27(32)23-26-28(33)30-17-18-31(26)29(34)24-15-14-16-25(22-24)36-21-20-35-4-2/h14-16,22,26H,3-13,17-21,23H2,1-2H3,(H,30,33). The number of nitrogens with zero attached hydrogens (tertiary/aromatic N) is 1. The minimum Gasteiger partial charge on any atom is -0.491 e. The van der Waals surface area contributed by atoms with Crippen molar-refractivity contribution < 1.29 is 28.6 Å². The predicted molar refractivity (Wildman–Crippen MR) is 144 cm³/mol. The Bertz CT molecular complexity index is 815. The van der Waals surface area contributed by atoms with E-state index in [1.807, 2.05) is 6.92 Å². The summed E-state index contributed by atoms with van der Waals surface area (Å²) in [5, 5.41) is 2.76. The topological polar surface area (TPSA) is 94.2 Å². The highest BCUT2D eigenvalue weighted by Gasteiger charge is 2.35. The van der Waals surface area contributed by atoms with Gasteiger partial charge in [-0.05, 0) is 31.5 Å². The second-order valence-corrected chi connectivity index (χ2v) is 9.49. The molecule has 37 heavy (non-hydrogen) atoms. The summed E-state index contributed by atoms with van der Waals surface area (Å²) in [4.78, 5) is 39.7. The average Bonchev–Trinajstić information content (AvgIpc) is 2.90. The van der Waals surface area contributed by atoms with E-state index in [0.29, 0.717) is 50.8 Å². The van der Waals surface area contributed by atoms with Gasteiger partial charge in [0, 0.05) is 25.3 Å². The molecule has 0 spiro atoms. The molecule has 1 saturated heterocycles. The van der Waals surface area contributed by atoms with Gasteiger partial charge in [0.1, 0.15) is 18.4 Å². The molecule has 2 amide bonds. The molecule has 8 nitrogen and oxygen atoms in total. The predicted octanol–water partition coefficient (Wildman–Crippen LogP) is 4.90. The van der Waals surface area contributed by atoms with E-state index in [9.17, 15) is 14.4 Å². The van der Waals surface area contributed by atoms with Gasteiger partial charge >= 0.3 is 5.97 Å². The Morgan fingerprint density at radius 1 is 0.946 bits per heavy atom. The third kappa shape index (κ3) is 12.0. The minimum atomic E-state index is -0.885. The molecule has 1 fully saturated rings. The van der Waals surface area contributed by atoms with Crippen LogP contribution in [-0.2, 0) is 19.1 Å². The summed E-state index contributed by atoms with van der Waals surface area (Å²) in [7, 11) is 0. The van der Waals surface area contributed by atoms with Crippen molar-refractivity contribution in [2.45, 2.75) is 90.5 Å². The first-order valence-corrected chi connectivity index (χ1v) is 14.1. The summed E-state index contributed by atoms with van der Waals surface area (Å²) < 4.78 is 16.3. The molecule has 2 rings (SSSR count). The number of esters is 1. The van der Waals surface area contributed by atoms with Gasteiger partial charge < -0.3 is 24.4 Å². The van der Waals surface area contributed by atoms with Crippen LogP contribution in [0.5, 0.6) is 5.75 Å². The fraction of sp³-hybridized carbons (Fsp3) is 0.690. The summed E-state index contributed by atoms with van der Waals surface area (Å²) in [5.74, 6) is -0.541. The van der Waals surface area contributed by atoms with Gasteiger partial charge in [0.2, 0.25) is 5.91 Å². The van der Waals surface area contributed by atoms with Crippen LogP contribution in [0.2, 0.25) is 0 Å². The number of hydrogen-bond donors (Lipinski definition) is 1. The third-order valence-electron chi connectivity index (χ3n) is 6.49. The van der Waals surface area contributed by atoms with E-state index in [4.69, 9.17) is 14.2 Å². The van der Waals surface area contributed by atoms with Gasteiger partial charge in [0.05, 0.1) is 19.6 Å². The van der Waals surface area contributed by atoms with Crippen LogP contribution in [0.25, 0.3) is 0 Å². The zero-order chi connectivity index (χ0) is 26.7. The van der Waals surface area contributed by atoms with Crippen LogP contribution in [0, 0.1) is 0 Å². The maximum Gasteiger partial charge on any atom is 0.308 e. The van der Waals surface area contributed by atoms with E-state index in [2.05, 4.69) is 12.2 Å². The number of carbonyl (C=O) groups is 3. The SMILES string of the molecule is CCCCCCCCCCCCOC(=O)CC1C(=O)NCCN1C(=O)c1cccc(OCCOCC)c1. The van der Waals surface area contributed by atoms with E-state index < -0.39 is 12.0 Å². The highest BCUT2D eigenvalue weighted by atomic mass is 16.5. The third-order valence-corrected chi connectivity index (χ3v) is 6.49. The molecule has 0 radical (unpaired) electrons. The number of benzene rings is 1. The summed E-state index contributed by atoms with van der Waals surface area (Å²) >= 11 is 0. The van der Waals surface area contributed by atoms with E-state index >= 15 is 0 Å². The zero-order valence-electron chi connectivity index (χ0n) is 22.8. The smallest absolute Gasteiger partial charge is 0.308 e. The van der Waals surface area contributed by atoms with Gasteiger partial charge in [-0.1, -0.05) is 70.8 Å². The molecular weight excluding hydrogens is 472 g/mol. The highest BCUT2D eigenvalue weighted by molar-refractivity contribution is 5.99.